The lowest BCUT2D eigenvalue weighted by Gasteiger charge is -2.19. The van der Waals surface area contributed by atoms with Crippen LogP contribution in [0, 0.1) is 11.3 Å². The fourth-order valence-corrected chi connectivity index (χ4v) is 2.97. The highest BCUT2D eigenvalue weighted by Crippen LogP contribution is 2.26. The summed E-state index contributed by atoms with van der Waals surface area (Å²) in [5.74, 6) is 0. The van der Waals surface area contributed by atoms with Gasteiger partial charge in [0.1, 0.15) is 0 Å². The third-order valence-corrected chi connectivity index (χ3v) is 4.07. The van der Waals surface area contributed by atoms with E-state index in [1.165, 1.54) is 4.88 Å². The minimum atomic E-state index is 0.332. The number of halogens is 1. The van der Waals surface area contributed by atoms with E-state index in [1.54, 1.807) is 11.3 Å². The maximum absolute atomic E-state index is 8.78. The average Bonchev–Trinajstić information content (AvgIpc) is 2.77. The molecule has 2 rings (SSSR count). The van der Waals surface area contributed by atoms with Gasteiger partial charge in [0.25, 0.3) is 0 Å². The lowest BCUT2D eigenvalue weighted by molar-refractivity contribution is 0.938. The van der Waals surface area contributed by atoms with Crippen LogP contribution in [-0.4, -0.2) is 7.05 Å². The third kappa shape index (κ3) is 3.40. The summed E-state index contributed by atoms with van der Waals surface area (Å²) in [4.78, 5) is 3.31. The van der Waals surface area contributed by atoms with Crippen LogP contribution in [0.2, 0.25) is 4.34 Å². The van der Waals surface area contributed by atoms with Crippen molar-refractivity contribution in [2.24, 2.45) is 0 Å². The molecule has 19 heavy (non-hydrogen) atoms. The molecule has 0 radical (unpaired) electrons. The molecule has 1 aromatic carbocycles. The molecule has 0 unspecified atom stereocenters. The molecule has 0 aliphatic rings. The second kappa shape index (κ2) is 5.96. The molecule has 98 valence electrons. The Bertz CT molecular complexity index is 615. The van der Waals surface area contributed by atoms with Gasteiger partial charge < -0.3 is 10.6 Å². The number of anilines is 2. The maximum atomic E-state index is 8.78. The Morgan fingerprint density at radius 3 is 2.79 bits per heavy atom. The van der Waals surface area contributed by atoms with E-state index in [1.807, 2.05) is 37.4 Å². The van der Waals surface area contributed by atoms with Crippen LogP contribution >= 0.6 is 22.9 Å². The lowest BCUT2D eigenvalue weighted by Crippen LogP contribution is -2.15. The molecule has 0 spiro atoms. The minimum absolute atomic E-state index is 0.332. The van der Waals surface area contributed by atoms with E-state index in [0.29, 0.717) is 12.1 Å². The van der Waals surface area contributed by atoms with Crippen molar-refractivity contribution in [3.63, 3.8) is 0 Å². The number of hydrogen-bond acceptors (Lipinski definition) is 4. The van der Waals surface area contributed by atoms with E-state index in [9.17, 15) is 0 Å². The Balaban J connectivity index is 2.17. The van der Waals surface area contributed by atoms with Crippen LogP contribution in [0.4, 0.5) is 11.4 Å². The molecule has 0 amide bonds. The summed E-state index contributed by atoms with van der Waals surface area (Å²) in [6.45, 7) is 0.785. The molecule has 5 heteroatoms. The average molecular weight is 292 g/mol. The summed E-state index contributed by atoms with van der Waals surface area (Å²) in [6, 6.07) is 11.8. The van der Waals surface area contributed by atoms with Crippen LogP contribution < -0.4 is 10.6 Å². The minimum Gasteiger partial charge on any atom is -0.398 e. The van der Waals surface area contributed by atoms with Crippen LogP contribution in [0.5, 0.6) is 0 Å². The van der Waals surface area contributed by atoms with Crippen LogP contribution in [0.25, 0.3) is 0 Å². The van der Waals surface area contributed by atoms with E-state index in [0.717, 1.165) is 22.1 Å². The maximum Gasteiger partial charge on any atom is 0.0931 e. The van der Waals surface area contributed by atoms with E-state index in [2.05, 4.69) is 11.0 Å². The first kappa shape index (κ1) is 13.7. The number of benzene rings is 1. The predicted octanol–water partition coefficient (Wildman–Crippen LogP) is 3.69. The quantitative estimate of drug-likeness (QED) is 0.874. The Morgan fingerprint density at radius 2 is 2.16 bits per heavy atom. The van der Waals surface area contributed by atoms with Gasteiger partial charge in [-0.15, -0.1) is 11.3 Å². The van der Waals surface area contributed by atoms with Gasteiger partial charge in [0.2, 0.25) is 0 Å². The summed E-state index contributed by atoms with van der Waals surface area (Å²) >= 11 is 7.50. The molecule has 0 aliphatic carbocycles. The molecule has 2 N–H and O–H groups in total. The standard InChI is InChI=1S/C14H14ClN3S/c1-18(9-12-3-5-14(15)19-12)11-2-4-13(17)10(8-11)6-7-16/h2-5,8H,6,9,17H2,1H3. The zero-order valence-electron chi connectivity index (χ0n) is 10.6. The highest BCUT2D eigenvalue weighted by molar-refractivity contribution is 7.16. The van der Waals surface area contributed by atoms with E-state index < -0.39 is 0 Å². The Hall–Kier alpha value is -1.70. The van der Waals surface area contributed by atoms with Crippen LogP contribution in [0.3, 0.4) is 0 Å². The topological polar surface area (TPSA) is 53.0 Å². The molecule has 0 saturated heterocycles. The molecular formula is C14H14ClN3S. The zero-order valence-corrected chi connectivity index (χ0v) is 12.1. The van der Waals surface area contributed by atoms with Crippen LogP contribution in [-0.2, 0) is 13.0 Å². The number of nitriles is 1. The van der Waals surface area contributed by atoms with Gasteiger partial charge in [-0.1, -0.05) is 11.6 Å². The molecule has 2 aromatic rings. The molecule has 3 nitrogen and oxygen atoms in total. The Kier molecular flexibility index (Phi) is 4.31. The molecule has 0 fully saturated rings. The van der Waals surface area contributed by atoms with Crippen molar-refractivity contribution in [3.8, 4) is 6.07 Å². The molecule has 1 aromatic heterocycles. The smallest absolute Gasteiger partial charge is 0.0931 e. The Labute approximate surface area is 121 Å². The Morgan fingerprint density at radius 1 is 1.37 bits per heavy atom. The number of hydrogen-bond donors (Lipinski definition) is 1. The van der Waals surface area contributed by atoms with E-state index >= 15 is 0 Å². The molecule has 0 saturated carbocycles. The number of thiophene rings is 1. The van der Waals surface area contributed by atoms with Gasteiger partial charge in [-0.2, -0.15) is 5.26 Å². The SMILES string of the molecule is CN(Cc1ccc(Cl)s1)c1ccc(N)c(CC#N)c1. The molecule has 0 atom stereocenters. The summed E-state index contributed by atoms with van der Waals surface area (Å²) in [5.41, 5.74) is 8.43. The van der Waals surface area contributed by atoms with Crippen molar-refractivity contribution in [2.75, 3.05) is 17.7 Å². The summed E-state index contributed by atoms with van der Waals surface area (Å²) in [7, 11) is 2.01. The van der Waals surface area contributed by atoms with Gasteiger partial charge in [-0.05, 0) is 35.9 Å². The monoisotopic (exact) mass is 291 g/mol. The van der Waals surface area contributed by atoms with Crippen molar-refractivity contribution < 1.29 is 0 Å². The van der Waals surface area contributed by atoms with Crippen molar-refractivity contribution in [2.45, 2.75) is 13.0 Å². The van der Waals surface area contributed by atoms with Crippen LogP contribution in [0.1, 0.15) is 10.4 Å². The van der Waals surface area contributed by atoms with Gasteiger partial charge in [0, 0.05) is 23.3 Å². The summed E-state index contributed by atoms with van der Waals surface area (Å²) < 4.78 is 0.797. The van der Waals surface area contributed by atoms with Crippen molar-refractivity contribution in [3.05, 3.63) is 45.1 Å². The van der Waals surface area contributed by atoms with Gasteiger partial charge in [-0.25, -0.2) is 0 Å². The molecule has 0 aliphatic heterocycles. The first-order chi connectivity index (χ1) is 9.10. The fourth-order valence-electron chi connectivity index (χ4n) is 1.83. The number of rotatable bonds is 4. The van der Waals surface area contributed by atoms with E-state index in [4.69, 9.17) is 22.6 Å². The van der Waals surface area contributed by atoms with Crippen LogP contribution in [0.15, 0.2) is 30.3 Å². The van der Waals surface area contributed by atoms with Gasteiger partial charge in [0.05, 0.1) is 23.4 Å². The van der Waals surface area contributed by atoms with E-state index in [-0.39, 0.29) is 0 Å². The summed E-state index contributed by atoms with van der Waals surface area (Å²) in [6.07, 6.45) is 0.332. The first-order valence-corrected chi connectivity index (χ1v) is 7.00. The van der Waals surface area contributed by atoms with Crippen molar-refractivity contribution >= 4 is 34.3 Å². The third-order valence-electron chi connectivity index (χ3n) is 2.86. The molecule has 0 bridgehead atoms. The number of nitrogens with zero attached hydrogens (tertiary/aromatic N) is 2. The zero-order chi connectivity index (χ0) is 13.8. The number of nitrogens with two attached hydrogens (primary N) is 1. The first-order valence-electron chi connectivity index (χ1n) is 5.81. The molecule has 1 heterocycles. The second-order valence-corrected chi connectivity index (χ2v) is 6.08. The molecular weight excluding hydrogens is 278 g/mol. The van der Waals surface area contributed by atoms with Gasteiger partial charge in [-0.3, -0.25) is 0 Å². The highest BCUT2D eigenvalue weighted by atomic mass is 35.5. The van der Waals surface area contributed by atoms with Crippen molar-refractivity contribution in [1.29, 1.82) is 5.26 Å². The largest absolute Gasteiger partial charge is 0.398 e. The van der Waals surface area contributed by atoms with Crippen molar-refractivity contribution in [1.82, 2.24) is 0 Å². The second-order valence-electron chi connectivity index (χ2n) is 4.28. The van der Waals surface area contributed by atoms with Gasteiger partial charge in [0.15, 0.2) is 0 Å². The normalized spacial score (nSPS) is 10.2. The van der Waals surface area contributed by atoms with Gasteiger partial charge >= 0.3 is 0 Å². The fraction of sp³-hybridized carbons (Fsp3) is 0.214. The number of nitrogen functional groups attached to an aromatic ring is 1. The predicted molar refractivity (Wildman–Crippen MR) is 81.6 cm³/mol. The highest BCUT2D eigenvalue weighted by Gasteiger charge is 2.07. The lowest BCUT2D eigenvalue weighted by atomic mass is 10.1. The summed E-state index contributed by atoms with van der Waals surface area (Å²) in [5, 5.41) is 8.78.